The number of carbonyl (C=O) groups is 1. The van der Waals surface area contributed by atoms with Gasteiger partial charge in [0.15, 0.2) is 0 Å². The number of nitrogens with one attached hydrogen (secondary N) is 1. The van der Waals surface area contributed by atoms with Crippen molar-refractivity contribution >= 4 is 5.91 Å². The molecular formula is C8H13N3O2. The highest BCUT2D eigenvalue weighted by atomic mass is 16.5. The third-order valence-corrected chi connectivity index (χ3v) is 1.73. The quantitative estimate of drug-likeness (QED) is 0.384. The fourth-order valence-electron chi connectivity index (χ4n) is 1.08. The van der Waals surface area contributed by atoms with Gasteiger partial charge in [-0.1, -0.05) is 0 Å². The van der Waals surface area contributed by atoms with E-state index in [2.05, 4.69) is 5.43 Å². The average molecular weight is 183 g/mol. The van der Waals surface area contributed by atoms with Crippen molar-refractivity contribution in [1.29, 1.82) is 0 Å². The van der Waals surface area contributed by atoms with Crippen molar-refractivity contribution in [2.24, 2.45) is 5.84 Å². The molecule has 1 heterocycles. The SMILES string of the molecule is COCCn1cccc1C(=O)NN. The molecule has 5 heteroatoms. The van der Waals surface area contributed by atoms with Gasteiger partial charge in [-0.05, 0) is 12.1 Å². The summed E-state index contributed by atoms with van der Waals surface area (Å²) in [5.41, 5.74) is 2.62. The van der Waals surface area contributed by atoms with Crippen LogP contribution >= 0.6 is 0 Å². The fourth-order valence-corrected chi connectivity index (χ4v) is 1.08. The number of amides is 1. The van der Waals surface area contributed by atoms with Crippen LogP contribution in [0.4, 0.5) is 0 Å². The van der Waals surface area contributed by atoms with Crippen LogP contribution in [0.15, 0.2) is 18.3 Å². The van der Waals surface area contributed by atoms with Gasteiger partial charge in [0.1, 0.15) is 5.69 Å². The largest absolute Gasteiger partial charge is 0.383 e. The van der Waals surface area contributed by atoms with Crippen molar-refractivity contribution in [3.05, 3.63) is 24.0 Å². The minimum absolute atomic E-state index is 0.291. The number of rotatable bonds is 4. The van der Waals surface area contributed by atoms with Crippen LogP contribution in [0.2, 0.25) is 0 Å². The maximum Gasteiger partial charge on any atom is 0.281 e. The summed E-state index contributed by atoms with van der Waals surface area (Å²) in [4.78, 5) is 11.2. The Morgan fingerprint density at radius 1 is 1.77 bits per heavy atom. The maximum absolute atomic E-state index is 11.2. The first-order valence-corrected chi connectivity index (χ1v) is 3.94. The summed E-state index contributed by atoms with van der Waals surface area (Å²) in [5.74, 6) is 4.73. The van der Waals surface area contributed by atoms with Crippen molar-refractivity contribution in [3.63, 3.8) is 0 Å². The number of hydrogen-bond acceptors (Lipinski definition) is 3. The minimum atomic E-state index is -0.291. The molecule has 0 radical (unpaired) electrons. The highest BCUT2D eigenvalue weighted by Crippen LogP contribution is 2.01. The van der Waals surface area contributed by atoms with Gasteiger partial charge in [0.05, 0.1) is 6.61 Å². The number of carbonyl (C=O) groups excluding carboxylic acids is 1. The molecule has 0 bridgehead atoms. The fraction of sp³-hybridized carbons (Fsp3) is 0.375. The van der Waals surface area contributed by atoms with Crippen molar-refractivity contribution in [2.75, 3.05) is 13.7 Å². The second-order valence-corrected chi connectivity index (χ2v) is 2.55. The zero-order chi connectivity index (χ0) is 9.68. The molecule has 0 saturated heterocycles. The number of nitrogens with zero attached hydrogens (tertiary/aromatic N) is 1. The van der Waals surface area contributed by atoms with E-state index in [0.717, 1.165) is 0 Å². The van der Waals surface area contributed by atoms with E-state index in [1.807, 2.05) is 6.20 Å². The van der Waals surface area contributed by atoms with Crippen LogP contribution < -0.4 is 11.3 Å². The molecule has 0 unspecified atom stereocenters. The van der Waals surface area contributed by atoms with Gasteiger partial charge >= 0.3 is 0 Å². The zero-order valence-electron chi connectivity index (χ0n) is 7.49. The van der Waals surface area contributed by atoms with Crippen molar-refractivity contribution < 1.29 is 9.53 Å². The molecule has 0 aliphatic rings. The molecule has 1 aromatic heterocycles. The lowest BCUT2D eigenvalue weighted by atomic mass is 10.4. The van der Waals surface area contributed by atoms with E-state index in [0.29, 0.717) is 18.8 Å². The van der Waals surface area contributed by atoms with Crippen LogP contribution in [-0.2, 0) is 11.3 Å². The lowest BCUT2D eigenvalue weighted by Crippen LogP contribution is -2.31. The van der Waals surface area contributed by atoms with Gasteiger partial charge in [-0.3, -0.25) is 10.2 Å². The summed E-state index contributed by atoms with van der Waals surface area (Å²) in [7, 11) is 1.62. The van der Waals surface area contributed by atoms with Crippen LogP contribution in [0.3, 0.4) is 0 Å². The van der Waals surface area contributed by atoms with E-state index in [-0.39, 0.29) is 5.91 Å². The van der Waals surface area contributed by atoms with Crippen LogP contribution in [0.25, 0.3) is 0 Å². The second-order valence-electron chi connectivity index (χ2n) is 2.55. The monoisotopic (exact) mass is 183 g/mol. The highest BCUT2D eigenvalue weighted by Gasteiger charge is 2.07. The molecule has 1 amide bonds. The lowest BCUT2D eigenvalue weighted by molar-refractivity contribution is 0.0941. The summed E-state index contributed by atoms with van der Waals surface area (Å²) in [6.07, 6.45) is 1.81. The second kappa shape index (κ2) is 4.64. The molecule has 72 valence electrons. The molecule has 5 nitrogen and oxygen atoms in total. The first-order valence-electron chi connectivity index (χ1n) is 3.94. The predicted molar refractivity (Wildman–Crippen MR) is 48.0 cm³/mol. The van der Waals surface area contributed by atoms with Gasteiger partial charge in [0, 0.05) is 19.9 Å². The Balaban J connectivity index is 2.71. The summed E-state index contributed by atoms with van der Waals surface area (Å²) >= 11 is 0. The summed E-state index contributed by atoms with van der Waals surface area (Å²) < 4.78 is 6.68. The molecule has 0 aliphatic carbocycles. The van der Waals surface area contributed by atoms with Crippen molar-refractivity contribution in [3.8, 4) is 0 Å². The van der Waals surface area contributed by atoms with Gasteiger partial charge < -0.3 is 9.30 Å². The van der Waals surface area contributed by atoms with E-state index < -0.39 is 0 Å². The first kappa shape index (κ1) is 9.76. The Labute approximate surface area is 76.4 Å². The van der Waals surface area contributed by atoms with E-state index in [1.54, 1.807) is 23.8 Å². The van der Waals surface area contributed by atoms with Gasteiger partial charge in [0.2, 0.25) is 0 Å². The molecule has 0 aliphatic heterocycles. The van der Waals surface area contributed by atoms with Gasteiger partial charge in [-0.15, -0.1) is 0 Å². The topological polar surface area (TPSA) is 69.3 Å². The number of nitrogen functional groups attached to an aromatic ring is 1. The number of nitrogens with two attached hydrogens (primary N) is 1. The molecule has 1 aromatic rings. The van der Waals surface area contributed by atoms with Crippen LogP contribution in [-0.4, -0.2) is 24.2 Å². The smallest absolute Gasteiger partial charge is 0.281 e. The number of aromatic nitrogens is 1. The highest BCUT2D eigenvalue weighted by molar-refractivity contribution is 5.92. The summed E-state index contributed by atoms with van der Waals surface area (Å²) in [6, 6.07) is 3.50. The maximum atomic E-state index is 11.2. The normalized spacial score (nSPS) is 10.0. The molecule has 0 fully saturated rings. The standard InChI is InChI=1S/C8H13N3O2/c1-13-6-5-11-4-2-3-7(11)8(12)10-9/h2-4H,5-6,9H2,1H3,(H,10,12). The van der Waals surface area contributed by atoms with Crippen molar-refractivity contribution in [1.82, 2.24) is 9.99 Å². The Hall–Kier alpha value is -1.33. The molecule has 0 atom stereocenters. The molecule has 0 saturated carbocycles. The van der Waals surface area contributed by atoms with Gasteiger partial charge in [-0.2, -0.15) is 0 Å². The molecule has 0 aromatic carbocycles. The molecule has 3 N–H and O–H groups in total. The van der Waals surface area contributed by atoms with Crippen LogP contribution in [0.5, 0.6) is 0 Å². The Bertz CT molecular complexity index is 283. The van der Waals surface area contributed by atoms with E-state index in [4.69, 9.17) is 10.6 Å². The zero-order valence-corrected chi connectivity index (χ0v) is 7.49. The van der Waals surface area contributed by atoms with Crippen LogP contribution in [0, 0.1) is 0 Å². The lowest BCUT2D eigenvalue weighted by Gasteiger charge is -2.06. The number of hydrogen-bond donors (Lipinski definition) is 2. The predicted octanol–water partition coefficient (Wildman–Crippen LogP) is -0.262. The molecule has 0 spiro atoms. The Morgan fingerprint density at radius 3 is 3.15 bits per heavy atom. The van der Waals surface area contributed by atoms with Crippen molar-refractivity contribution in [2.45, 2.75) is 6.54 Å². The number of methoxy groups -OCH3 is 1. The Kier molecular flexibility index (Phi) is 3.48. The van der Waals surface area contributed by atoms with E-state index in [9.17, 15) is 4.79 Å². The number of ether oxygens (including phenoxy) is 1. The average Bonchev–Trinajstić information content (AvgIpc) is 2.61. The third-order valence-electron chi connectivity index (χ3n) is 1.73. The molecular weight excluding hydrogens is 170 g/mol. The van der Waals surface area contributed by atoms with E-state index >= 15 is 0 Å². The summed E-state index contributed by atoms with van der Waals surface area (Å²) in [6.45, 7) is 1.21. The molecule has 1 rings (SSSR count). The van der Waals surface area contributed by atoms with Gasteiger partial charge in [-0.25, -0.2) is 5.84 Å². The van der Waals surface area contributed by atoms with Gasteiger partial charge in [0.25, 0.3) is 5.91 Å². The Morgan fingerprint density at radius 2 is 2.54 bits per heavy atom. The number of hydrazine groups is 1. The van der Waals surface area contributed by atoms with Crippen LogP contribution in [0.1, 0.15) is 10.5 Å². The van der Waals surface area contributed by atoms with E-state index in [1.165, 1.54) is 0 Å². The third kappa shape index (κ3) is 2.30. The summed E-state index contributed by atoms with van der Waals surface area (Å²) in [5, 5.41) is 0. The molecule has 13 heavy (non-hydrogen) atoms. The first-order chi connectivity index (χ1) is 6.29. The minimum Gasteiger partial charge on any atom is -0.383 e.